The molecule has 1 fully saturated rings. The van der Waals surface area contributed by atoms with Crippen LogP contribution in [0.4, 0.5) is 5.69 Å². The Morgan fingerprint density at radius 1 is 1.06 bits per heavy atom. The number of hydrogen-bond acceptors (Lipinski definition) is 6. The standard InChI is InChI=1S/C24H20N4O3S/c1-2-11-28-23(14-7-8-14)26-27-24(28)32-13-20(29)25-15-9-10-18-19(12-15)22(31)17-6-4-3-5-16(17)21(18)30/h2-6,9-10,12,14H,1,7-8,11,13H2,(H,25,29). The van der Waals surface area contributed by atoms with E-state index in [9.17, 15) is 14.4 Å². The summed E-state index contributed by atoms with van der Waals surface area (Å²) in [5, 5.41) is 12.0. The highest BCUT2D eigenvalue weighted by molar-refractivity contribution is 7.99. The molecule has 0 aliphatic heterocycles. The second-order valence-corrected chi connectivity index (χ2v) is 8.76. The molecule has 0 unspecified atom stereocenters. The summed E-state index contributed by atoms with van der Waals surface area (Å²) in [5.74, 6) is 0.915. The van der Waals surface area contributed by atoms with Gasteiger partial charge in [0.2, 0.25) is 5.91 Å². The van der Waals surface area contributed by atoms with Gasteiger partial charge in [-0.25, -0.2) is 0 Å². The number of benzene rings is 2. The van der Waals surface area contributed by atoms with Crippen molar-refractivity contribution in [3.05, 3.63) is 83.2 Å². The van der Waals surface area contributed by atoms with Gasteiger partial charge in [-0.1, -0.05) is 42.1 Å². The molecule has 0 atom stereocenters. The molecule has 2 aliphatic rings. The highest BCUT2D eigenvalue weighted by atomic mass is 32.2. The van der Waals surface area contributed by atoms with E-state index in [0.29, 0.717) is 45.6 Å². The fourth-order valence-corrected chi connectivity index (χ4v) is 4.61. The zero-order chi connectivity index (χ0) is 22.2. The number of fused-ring (bicyclic) bond motifs is 2. The number of carbonyl (C=O) groups is 3. The molecule has 1 saturated carbocycles. The SMILES string of the molecule is C=CCn1c(SCC(=O)Nc2ccc3c(c2)C(=O)c2ccccc2C3=O)nnc1C1CC1. The number of rotatable bonds is 7. The molecule has 0 spiro atoms. The molecule has 3 aromatic rings. The largest absolute Gasteiger partial charge is 0.325 e. The molecule has 1 amide bonds. The summed E-state index contributed by atoms with van der Waals surface area (Å²) in [7, 11) is 0. The molecule has 7 nitrogen and oxygen atoms in total. The second kappa shape index (κ2) is 8.20. The number of allylic oxidation sites excluding steroid dienone is 1. The number of thioether (sulfide) groups is 1. The lowest BCUT2D eigenvalue weighted by Crippen LogP contribution is -2.21. The Kier molecular flexibility index (Phi) is 5.22. The molecular formula is C24H20N4O3S. The van der Waals surface area contributed by atoms with E-state index in [1.807, 2.05) is 4.57 Å². The first kappa shape index (κ1) is 20.4. The van der Waals surface area contributed by atoms with Gasteiger partial charge in [0.25, 0.3) is 0 Å². The van der Waals surface area contributed by atoms with E-state index in [1.54, 1.807) is 48.5 Å². The van der Waals surface area contributed by atoms with E-state index < -0.39 is 0 Å². The number of nitrogens with zero attached hydrogens (tertiary/aromatic N) is 3. The second-order valence-electron chi connectivity index (χ2n) is 7.82. The fourth-order valence-electron chi connectivity index (χ4n) is 3.86. The number of amides is 1. The molecule has 1 aromatic heterocycles. The van der Waals surface area contributed by atoms with Crippen LogP contribution in [0.3, 0.4) is 0 Å². The highest BCUT2D eigenvalue weighted by Crippen LogP contribution is 2.40. The van der Waals surface area contributed by atoms with Crippen LogP contribution in [0.5, 0.6) is 0 Å². The first-order chi connectivity index (χ1) is 15.6. The van der Waals surface area contributed by atoms with Gasteiger partial charge in [0.05, 0.1) is 5.75 Å². The minimum atomic E-state index is -0.230. The Morgan fingerprint density at radius 2 is 1.75 bits per heavy atom. The van der Waals surface area contributed by atoms with E-state index in [-0.39, 0.29) is 23.2 Å². The Labute approximate surface area is 188 Å². The number of ketones is 2. The van der Waals surface area contributed by atoms with Crippen LogP contribution in [-0.2, 0) is 11.3 Å². The van der Waals surface area contributed by atoms with Gasteiger partial charge in [-0.05, 0) is 31.0 Å². The zero-order valence-corrected chi connectivity index (χ0v) is 18.0. The lowest BCUT2D eigenvalue weighted by atomic mass is 9.84. The smallest absolute Gasteiger partial charge is 0.234 e. The maximum atomic E-state index is 12.9. The number of hydrogen-bond donors (Lipinski definition) is 1. The van der Waals surface area contributed by atoms with Crippen molar-refractivity contribution < 1.29 is 14.4 Å². The van der Waals surface area contributed by atoms with Crippen molar-refractivity contribution in [2.75, 3.05) is 11.1 Å². The molecule has 1 heterocycles. The molecule has 2 aromatic carbocycles. The van der Waals surface area contributed by atoms with Crippen LogP contribution in [0, 0.1) is 0 Å². The third kappa shape index (κ3) is 3.67. The summed E-state index contributed by atoms with van der Waals surface area (Å²) in [6.45, 7) is 4.40. The molecule has 8 heteroatoms. The van der Waals surface area contributed by atoms with Gasteiger partial charge in [-0.2, -0.15) is 0 Å². The van der Waals surface area contributed by atoms with Crippen LogP contribution in [0.2, 0.25) is 0 Å². The molecular weight excluding hydrogens is 424 g/mol. The predicted octanol–water partition coefficient (Wildman–Crippen LogP) is 3.85. The summed E-state index contributed by atoms with van der Waals surface area (Å²) >= 11 is 1.31. The van der Waals surface area contributed by atoms with E-state index in [4.69, 9.17) is 0 Å². The van der Waals surface area contributed by atoms with Crippen molar-refractivity contribution >= 4 is 34.9 Å². The van der Waals surface area contributed by atoms with Gasteiger partial charge in [0.15, 0.2) is 16.7 Å². The molecule has 0 saturated heterocycles. The summed E-state index contributed by atoms with van der Waals surface area (Å²) in [6, 6.07) is 11.6. The van der Waals surface area contributed by atoms with E-state index in [1.165, 1.54) is 11.8 Å². The van der Waals surface area contributed by atoms with Gasteiger partial charge >= 0.3 is 0 Å². The Hall–Kier alpha value is -3.52. The van der Waals surface area contributed by atoms with Crippen molar-refractivity contribution in [1.29, 1.82) is 0 Å². The summed E-state index contributed by atoms with van der Waals surface area (Å²) in [6.07, 6.45) is 4.03. The minimum absolute atomic E-state index is 0.146. The van der Waals surface area contributed by atoms with E-state index >= 15 is 0 Å². The van der Waals surface area contributed by atoms with Gasteiger partial charge < -0.3 is 9.88 Å². The molecule has 1 N–H and O–H groups in total. The average Bonchev–Trinajstić information content (AvgIpc) is 3.57. The molecule has 5 rings (SSSR count). The van der Waals surface area contributed by atoms with Crippen molar-refractivity contribution in [3.8, 4) is 0 Å². The number of nitrogens with one attached hydrogen (secondary N) is 1. The molecule has 0 radical (unpaired) electrons. The maximum Gasteiger partial charge on any atom is 0.234 e. The minimum Gasteiger partial charge on any atom is -0.325 e. The van der Waals surface area contributed by atoms with Crippen molar-refractivity contribution in [3.63, 3.8) is 0 Å². The molecule has 160 valence electrons. The third-order valence-electron chi connectivity index (χ3n) is 5.54. The van der Waals surface area contributed by atoms with Crippen molar-refractivity contribution in [2.45, 2.75) is 30.5 Å². The van der Waals surface area contributed by atoms with Crippen LogP contribution < -0.4 is 5.32 Å². The molecule has 2 aliphatic carbocycles. The summed E-state index contributed by atoms with van der Waals surface area (Å²) in [4.78, 5) is 38.1. The third-order valence-corrected chi connectivity index (χ3v) is 6.51. The monoisotopic (exact) mass is 444 g/mol. The van der Waals surface area contributed by atoms with E-state index in [2.05, 4.69) is 22.1 Å². The van der Waals surface area contributed by atoms with Crippen molar-refractivity contribution in [2.24, 2.45) is 0 Å². The quantitative estimate of drug-likeness (QED) is 0.344. The fraction of sp³-hybridized carbons (Fsp3) is 0.208. The first-order valence-corrected chi connectivity index (χ1v) is 11.3. The normalized spacial score (nSPS) is 14.6. The Balaban J connectivity index is 1.29. The van der Waals surface area contributed by atoms with E-state index in [0.717, 1.165) is 18.7 Å². The van der Waals surface area contributed by atoms with Gasteiger partial charge in [0.1, 0.15) is 5.82 Å². The predicted molar refractivity (Wildman–Crippen MR) is 121 cm³/mol. The summed E-state index contributed by atoms with van der Waals surface area (Å²) in [5.41, 5.74) is 1.93. The van der Waals surface area contributed by atoms with Gasteiger partial charge in [-0.3, -0.25) is 14.4 Å². The van der Waals surface area contributed by atoms with Gasteiger partial charge in [-0.15, -0.1) is 16.8 Å². The van der Waals surface area contributed by atoms with Crippen LogP contribution in [-0.4, -0.2) is 38.0 Å². The highest BCUT2D eigenvalue weighted by Gasteiger charge is 2.31. The number of aromatic nitrogens is 3. The van der Waals surface area contributed by atoms with Crippen LogP contribution in [0.1, 0.15) is 56.4 Å². The lowest BCUT2D eigenvalue weighted by molar-refractivity contribution is -0.113. The molecule has 0 bridgehead atoms. The number of anilines is 1. The Bertz CT molecular complexity index is 1280. The Morgan fingerprint density at radius 3 is 2.44 bits per heavy atom. The maximum absolute atomic E-state index is 12.9. The van der Waals surface area contributed by atoms with Crippen molar-refractivity contribution in [1.82, 2.24) is 14.8 Å². The average molecular weight is 445 g/mol. The zero-order valence-electron chi connectivity index (χ0n) is 17.2. The number of carbonyl (C=O) groups excluding carboxylic acids is 3. The lowest BCUT2D eigenvalue weighted by Gasteiger charge is -2.18. The topological polar surface area (TPSA) is 94.0 Å². The van der Waals surface area contributed by atoms with Crippen LogP contribution in [0.25, 0.3) is 0 Å². The van der Waals surface area contributed by atoms with Crippen LogP contribution in [0.15, 0.2) is 60.3 Å². The van der Waals surface area contributed by atoms with Crippen LogP contribution >= 0.6 is 11.8 Å². The summed E-state index contributed by atoms with van der Waals surface area (Å²) < 4.78 is 2.00. The molecule has 32 heavy (non-hydrogen) atoms. The van der Waals surface area contributed by atoms with Gasteiger partial charge in [0, 0.05) is 40.4 Å². The first-order valence-electron chi connectivity index (χ1n) is 10.4.